The summed E-state index contributed by atoms with van der Waals surface area (Å²) in [5.41, 5.74) is 2.12. The smallest absolute Gasteiger partial charge is 0.287 e. The predicted molar refractivity (Wildman–Crippen MR) is 97.9 cm³/mol. The van der Waals surface area contributed by atoms with Crippen molar-refractivity contribution in [1.82, 2.24) is 19.8 Å². The van der Waals surface area contributed by atoms with Crippen molar-refractivity contribution in [2.75, 3.05) is 13.1 Å². The molecule has 0 atom stereocenters. The fraction of sp³-hybridized carbons (Fsp3) is 0.450. The van der Waals surface area contributed by atoms with Gasteiger partial charge >= 0.3 is 0 Å². The first-order chi connectivity index (χ1) is 13.1. The van der Waals surface area contributed by atoms with E-state index in [4.69, 9.17) is 0 Å². The summed E-state index contributed by atoms with van der Waals surface area (Å²) < 4.78 is 14.9. The van der Waals surface area contributed by atoms with Crippen LogP contribution in [0, 0.1) is 5.82 Å². The molecule has 1 N–H and O–H groups in total. The van der Waals surface area contributed by atoms with E-state index in [0.717, 1.165) is 56.5 Å². The minimum absolute atomic E-state index is 0.0595. The number of nitrogens with zero attached hydrogens (tertiary/aromatic N) is 3. The van der Waals surface area contributed by atoms with Crippen molar-refractivity contribution < 1.29 is 14.0 Å². The summed E-state index contributed by atoms with van der Waals surface area (Å²) in [5.74, 6) is -0.370. The van der Waals surface area contributed by atoms with E-state index >= 15 is 0 Å². The van der Waals surface area contributed by atoms with Crippen LogP contribution in [0.3, 0.4) is 0 Å². The number of amides is 2. The summed E-state index contributed by atoms with van der Waals surface area (Å²) in [6.07, 6.45) is 4.79. The molecule has 1 aromatic heterocycles. The van der Waals surface area contributed by atoms with Gasteiger partial charge in [-0.05, 0) is 49.8 Å². The number of hydrogen-bond acceptors (Lipinski definition) is 3. The summed E-state index contributed by atoms with van der Waals surface area (Å²) in [6.45, 7) is 2.51. The zero-order valence-corrected chi connectivity index (χ0v) is 15.2. The molecule has 0 saturated carbocycles. The SMILES string of the molecule is O=C(NCc1ccc(F)cc1)c1nc(C(=O)N2CCCC2)c2n1CCCC2. The largest absolute Gasteiger partial charge is 0.345 e. The van der Waals surface area contributed by atoms with Crippen molar-refractivity contribution in [2.24, 2.45) is 0 Å². The van der Waals surface area contributed by atoms with Gasteiger partial charge in [0.2, 0.25) is 0 Å². The molecule has 4 rings (SSSR count). The number of rotatable bonds is 4. The standard InChI is InChI=1S/C20H23FN4O2/c21-15-8-6-14(7-9-15)13-22-19(26)18-23-17(16-5-1-2-12-25(16)18)20(27)24-10-3-4-11-24/h6-9H,1-5,10-13H2,(H,22,26). The molecule has 7 heteroatoms. The lowest BCUT2D eigenvalue weighted by Gasteiger charge is -2.18. The van der Waals surface area contributed by atoms with Gasteiger partial charge in [-0.3, -0.25) is 9.59 Å². The van der Waals surface area contributed by atoms with Crippen LogP contribution in [-0.4, -0.2) is 39.4 Å². The zero-order valence-electron chi connectivity index (χ0n) is 15.2. The van der Waals surface area contributed by atoms with Crippen LogP contribution in [0.5, 0.6) is 0 Å². The molecule has 2 aliphatic rings. The first kappa shape index (κ1) is 17.7. The Kier molecular flexibility index (Phi) is 4.92. The van der Waals surface area contributed by atoms with E-state index in [0.29, 0.717) is 18.1 Å². The molecular weight excluding hydrogens is 347 g/mol. The van der Waals surface area contributed by atoms with E-state index in [9.17, 15) is 14.0 Å². The highest BCUT2D eigenvalue weighted by atomic mass is 19.1. The Balaban J connectivity index is 1.55. The monoisotopic (exact) mass is 370 g/mol. The van der Waals surface area contributed by atoms with Crippen molar-refractivity contribution >= 4 is 11.8 Å². The molecule has 2 aliphatic heterocycles. The Bertz CT molecular complexity index is 854. The molecule has 2 aromatic rings. The highest BCUT2D eigenvalue weighted by Gasteiger charge is 2.30. The Morgan fingerprint density at radius 1 is 1.04 bits per heavy atom. The van der Waals surface area contributed by atoms with Crippen molar-refractivity contribution in [3.05, 3.63) is 52.9 Å². The first-order valence-corrected chi connectivity index (χ1v) is 9.55. The van der Waals surface area contributed by atoms with Crippen LogP contribution in [0.2, 0.25) is 0 Å². The summed E-state index contributed by atoms with van der Waals surface area (Å²) in [4.78, 5) is 31.9. The average molecular weight is 370 g/mol. The third-order valence-electron chi connectivity index (χ3n) is 5.28. The molecule has 1 aromatic carbocycles. The molecule has 0 unspecified atom stereocenters. The Morgan fingerprint density at radius 2 is 1.74 bits per heavy atom. The fourth-order valence-corrected chi connectivity index (χ4v) is 3.82. The van der Waals surface area contributed by atoms with Gasteiger partial charge in [0, 0.05) is 26.2 Å². The molecule has 3 heterocycles. The van der Waals surface area contributed by atoms with Gasteiger partial charge < -0.3 is 14.8 Å². The predicted octanol–water partition coefficient (Wildman–Crippen LogP) is 2.52. The highest BCUT2D eigenvalue weighted by Crippen LogP contribution is 2.23. The number of halogens is 1. The van der Waals surface area contributed by atoms with Gasteiger partial charge in [0.15, 0.2) is 5.82 Å². The number of carbonyl (C=O) groups is 2. The molecular formula is C20H23FN4O2. The summed E-state index contributed by atoms with van der Waals surface area (Å²) in [6, 6.07) is 6.01. The van der Waals surface area contributed by atoms with Crippen LogP contribution in [0.15, 0.2) is 24.3 Å². The van der Waals surface area contributed by atoms with Crippen molar-refractivity contribution in [1.29, 1.82) is 0 Å². The number of carbonyl (C=O) groups excluding carboxylic acids is 2. The number of aromatic nitrogens is 2. The second-order valence-electron chi connectivity index (χ2n) is 7.15. The lowest BCUT2D eigenvalue weighted by molar-refractivity contribution is 0.0786. The summed E-state index contributed by atoms with van der Waals surface area (Å²) in [7, 11) is 0. The molecule has 6 nitrogen and oxygen atoms in total. The van der Waals surface area contributed by atoms with Gasteiger partial charge in [-0.15, -0.1) is 0 Å². The van der Waals surface area contributed by atoms with Gasteiger partial charge in [0.05, 0.1) is 5.69 Å². The van der Waals surface area contributed by atoms with E-state index in [1.54, 1.807) is 12.1 Å². The maximum atomic E-state index is 13.0. The third-order valence-corrected chi connectivity index (χ3v) is 5.28. The maximum absolute atomic E-state index is 13.0. The minimum atomic E-state index is -0.308. The molecule has 1 fully saturated rings. The molecule has 0 spiro atoms. The van der Waals surface area contributed by atoms with Crippen LogP contribution in [0.1, 0.15) is 58.0 Å². The molecule has 142 valence electrons. The lowest BCUT2D eigenvalue weighted by atomic mass is 10.1. The number of likely N-dealkylation sites (tertiary alicyclic amines) is 1. The van der Waals surface area contributed by atoms with Crippen LogP contribution >= 0.6 is 0 Å². The van der Waals surface area contributed by atoms with Crippen LogP contribution < -0.4 is 5.32 Å². The summed E-state index contributed by atoms with van der Waals surface area (Å²) >= 11 is 0. The second-order valence-corrected chi connectivity index (χ2v) is 7.15. The number of imidazole rings is 1. The number of fused-ring (bicyclic) bond motifs is 1. The van der Waals surface area contributed by atoms with Gasteiger partial charge in [0.25, 0.3) is 11.8 Å². The normalized spacial score (nSPS) is 16.3. The first-order valence-electron chi connectivity index (χ1n) is 9.55. The fourth-order valence-electron chi connectivity index (χ4n) is 3.82. The van der Waals surface area contributed by atoms with Gasteiger partial charge in [-0.2, -0.15) is 0 Å². The molecule has 0 aliphatic carbocycles. The zero-order chi connectivity index (χ0) is 18.8. The topological polar surface area (TPSA) is 67.2 Å². The van der Waals surface area contributed by atoms with E-state index in [-0.39, 0.29) is 24.2 Å². The van der Waals surface area contributed by atoms with Gasteiger partial charge in [-0.25, -0.2) is 9.37 Å². The maximum Gasteiger partial charge on any atom is 0.287 e. The Labute approximate surface area is 157 Å². The van der Waals surface area contributed by atoms with Crippen LogP contribution in [0.25, 0.3) is 0 Å². The molecule has 0 radical (unpaired) electrons. The molecule has 27 heavy (non-hydrogen) atoms. The number of nitrogens with one attached hydrogen (secondary N) is 1. The second kappa shape index (κ2) is 7.50. The number of hydrogen-bond donors (Lipinski definition) is 1. The minimum Gasteiger partial charge on any atom is -0.345 e. The molecule has 1 saturated heterocycles. The number of benzene rings is 1. The van der Waals surface area contributed by atoms with E-state index in [1.165, 1.54) is 12.1 Å². The van der Waals surface area contributed by atoms with Gasteiger partial charge in [0.1, 0.15) is 11.5 Å². The van der Waals surface area contributed by atoms with Crippen LogP contribution in [-0.2, 0) is 19.5 Å². The van der Waals surface area contributed by atoms with Crippen molar-refractivity contribution in [2.45, 2.75) is 45.2 Å². The summed E-state index contributed by atoms with van der Waals surface area (Å²) in [5, 5.41) is 2.84. The molecule has 0 bridgehead atoms. The average Bonchev–Trinajstić information content (AvgIpc) is 3.35. The van der Waals surface area contributed by atoms with Gasteiger partial charge in [-0.1, -0.05) is 12.1 Å². The Morgan fingerprint density at radius 3 is 2.48 bits per heavy atom. The van der Waals surface area contributed by atoms with E-state index in [1.807, 2.05) is 9.47 Å². The van der Waals surface area contributed by atoms with Crippen molar-refractivity contribution in [3.8, 4) is 0 Å². The quantitative estimate of drug-likeness (QED) is 0.899. The Hall–Kier alpha value is -2.70. The lowest BCUT2D eigenvalue weighted by Crippen LogP contribution is -2.29. The van der Waals surface area contributed by atoms with Crippen LogP contribution in [0.4, 0.5) is 4.39 Å². The van der Waals surface area contributed by atoms with Crippen molar-refractivity contribution in [3.63, 3.8) is 0 Å². The van der Waals surface area contributed by atoms with E-state index < -0.39 is 0 Å². The highest BCUT2D eigenvalue weighted by molar-refractivity contribution is 5.97. The third kappa shape index (κ3) is 3.59. The molecule has 2 amide bonds. The van der Waals surface area contributed by atoms with E-state index in [2.05, 4.69) is 10.3 Å².